The fraction of sp³-hybridized carbons (Fsp3) is 0.167. The van der Waals surface area contributed by atoms with Crippen LogP contribution in [0.2, 0.25) is 5.02 Å². The van der Waals surface area contributed by atoms with Crippen molar-refractivity contribution in [2.75, 3.05) is 0 Å². The van der Waals surface area contributed by atoms with Crippen molar-refractivity contribution >= 4 is 27.5 Å². The van der Waals surface area contributed by atoms with Crippen molar-refractivity contribution in [3.63, 3.8) is 0 Å². The highest BCUT2D eigenvalue weighted by Crippen LogP contribution is 2.32. The molecule has 0 fully saturated rings. The fourth-order valence-electron chi connectivity index (χ4n) is 1.70. The summed E-state index contributed by atoms with van der Waals surface area (Å²) in [5.41, 5.74) is 0.732. The van der Waals surface area contributed by atoms with Crippen molar-refractivity contribution in [1.82, 2.24) is 9.97 Å². The first-order valence-electron chi connectivity index (χ1n) is 5.26. The molecule has 0 aliphatic carbocycles. The first kappa shape index (κ1) is 13.2. The molecule has 0 saturated carbocycles. The minimum atomic E-state index is -0.584. The van der Waals surface area contributed by atoms with Crippen molar-refractivity contribution in [2.24, 2.45) is 0 Å². The zero-order chi connectivity index (χ0) is 13.3. The Morgan fingerprint density at radius 2 is 2.22 bits per heavy atom. The van der Waals surface area contributed by atoms with Crippen molar-refractivity contribution in [1.29, 1.82) is 0 Å². The van der Waals surface area contributed by atoms with Gasteiger partial charge in [0.15, 0.2) is 5.82 Å². The third-order valence-electron chi connectivity index (χ3n) is 2.59. The Balaban J connectivity index is 2.74. The molecule has 0 radical (unpaired) electrons. The molecular weight excluding hydrogens is 322 g/mol. The average Bonchev–Trinajstić information content (AvgIpc) is 2.36. The number of hydrogen-bond acceptors (Lipinski definition) is 2. The summed E-state index contributed by atoms with van der Waals surface area (Å²) in [6.45, 7) is 1.81. The lowest BCUT2D eigenvalue weighted by molar-refractivity contribution is 0.630. The average molecular weight is 332 g/mol. The molecule has 0 unspecified atom stereocenters. The van der Waals surface area contributed by atoms with E-state index >= 15 is 0 Å². The molecule has 1 N–H and O–H groups in total. The highest BCUT2D eigenvalue weighted by atomic mass is 79.9. The fourth-order valence-corrected chi connectivity index (χ4v) is 2.17. The van der Waals surface area contributed by atoms with Crippen LogP contribution < -0.4 is 5.56 Å². The van der Waals surface area contributed by atoms with E-state index in [-0.39, 0.29) is 16.1 Å². The zero-order valence-corrected chi connectivity index (χ0v) is 11.8. The van der Waals surface area contributed by atoms with Crippen LogP contribution in [0, 0.1) is 5.82 Å². The van der Waals surface area contributed by atoms with Gasteiger partial charge < -0.3 is 4.98 Å². The van der Waals surface area contributed by atoms with Gasteiger partial charge in [0.2, 0.25) is 0 Å². The van der Waals surface area contributed by atoms with Crippen LogP contribution in [0.15, 0.2) is 27.7 Å². The molecular formula is C12H9BrClFN2O. The summed E-state index contributed by atoms with van der Waals surface area (Å²) >= 11 is 8.97. The molecule has 2 rings (SSSR count). The maximum Gasteiger partial charge on any atom is 0.254 e. The highest BCUT2D eigenvalue weighted by Gasteiger charge is 2.16. The number of nitrogens with zero attached hydrogens (tertiary/aromatic N) is 1. The van der Waals surface area contributed by atoms with Crippen molar-refractivity contribution in [2.45, 2.75) is 13.3 Å². The van der Waals surface area contributed by atoms with Gasteiger partial charge in [0.1, 0.15) is 0 Å². The number of aromatic amines is 1. The second-order valence-electron chi connectivity index (χ2n) is 3.64. The van der Waals surface area contributed by atoms with E-state index in [1.54, 1.807) is 12.1 Å². The monoisotopic (exact) mass is 330 g/mol. The summed E-state index contributed by atoms with van der Waals surface area (Å²) in [5.74, 6) is -0.584. The van der Waals surface area contributed by atoms with E-state index in [1.165, 1.54) is 6.33 Å². The van der Waals surface area contributed by atoms with Crippen LogP contribution in [0.5, 0.6) is 0 Å². The maximum absolute atomic E-state index is 14.1. The molecule has 3 nitrogen and oxygen atoms in total. The Bertz CT molecular complexity index is 657. The van der Waals surface area contributed by atoms with Gasteiger partial charge in [0.05, 0.1) is 17.0 Å². The molecule has 0 spiro atoms. The number of H-pyrrole nitrogens is 1. The Morgan fingerprint density at radius 1 is 1.50 bits per heavy atom. The molecule has 94 valence electrons. The first-order valence-corrected chi connectivity index (χ1v) is 6.43. The van der Waals surface area contributed by atoms with Gasteiger partial charge in [-0.05, 0) is 34.5 Å². The Labute approximate surface area is 116 Å². The van der Waals surface area contributed by atoms with Crippen molar-refractivity contribution in [3.05, 3.63) is 49.7 Å². The van der Waals surface area contributed by atoms with Crippen LogP contribution in [-0.2, 0) is 6.42 Å². The molecule has 0 saturated heterocycles. The maximum atomic E-state index is 14.1. The molecule has 6 heteroatoms. The molecule has 0 aliphatic heterocycles. The van der Waals surface area contributed by atoms with Gasteiger partial charge in [-0.15, -0.1) is 0 Å². The number of benzene rings is 1. The molecule has 18 heavy (non-hydrogen) atoms. The van der Waals surface area contributed by atoms with Gasteiger partial charge in [-0.3, -0.25) is 4.79 Å². The van der Waals surface area contributed by atoms with Crippen LogP contribution in [-0.4, -0.2) is 9.97 Å². The second kappa shape index (κ2) is 5.20. The number of nitrogens with one attached hydrogen (secondary N) is 1. The van der Waals surface area contributed by atoms with Crippen LogP contribution >= 0.6 is 27.5 Å². The standard InChI is InChI=1S/C12H9BrClFN2O/c1-2-6-11(16-5-17-12(6)18)7-3-4-8(13)9(14)10(7)15/h3-5H,2H2,1H3,(H,16,17,18). The van der Waals surface area contributed by atoms with Crippen LogP contribution in [0.4, 0.5) is 4.39 Å². The van der Waals surface area contributed by atoms with E-state index in [2.05, 4.69) is 25.9 Å². The largest absolute Gasteiger partial charge is 0.313 e. The summed E-state index contributed by atoms with van der Waals surface area (Å²) in [6, 6.07) is 3.18. The normalized spacial score (nSPS) is 10.7. The van der Waals surface area contributed by atoms with Crippen LogP contribution in [0.1, 0.15) is 12.5 Å². The molecule has 0 atom stereocenters. The van der Waals surface area contributed by atoms with E-state index in [4.69, 9.17) is 11.6 Å². The lowest BCUT2D eigenvalue weighted by atomic mass is 10.0. The van der Waals surface area contributed by atoms with E-state index in [0.29, 0.717) is 22.2 Å². The Kier molecular flexibility index (Phi) is 3.82. The quantitative estimate of drug-likeness (QED) is 0.855. The molecule has 0 bridgehead atoms. The minimum absolute atomic E-state index is 0.0170. The van der Waals surface area contributed by atoms with Gasteiger partial charge in [-0.2, -0.15) is 0 Å². The van der Waals surface area contributed by atoms with Crippen molar-refractivity contribution in [3.8, 4) is 11.3 Å². The van der Waals surface area contributed by atoms with Crippen LogP contribution in [0.3, 0.4) is 0 Å². The molecule has 0 aliphatic rings. The predicted molar refractivity (Wildman–Crippen MR) is 72.3 cm³/mol. The smallest absolute Gasteiger partial charge is 0.254 e. The lowest BCUT2D eigenvalue weighted by Gasteiger charge is -2.08. The van der Waals surface area contributed by atoms with Gasteiger partial charge in [-0.25, -0.2) is 9.37 Å². The SMILES string of the molecule is CCc1c(-c2ccc(Br)c(Cl)c2F)nc[nH]c1=O. The second-order valence-corrected chi connectivity index (χ2v) is 4.87. The van der Waals surface area contributed by atoms with E-state index in [9.17, 15) is 9.18 Å². The summed E-state index contributed by atoms with van der Waals surface area (Å²) in [6.07, 6.45) is 1.72. The van der Waals surface area contributed by atoms with E-state index in [0.717, 1.165) is 0 Å². The summed E-state index contributed by atoms with van der Waals surface area (Å²) in [4.78, 5) is 18.2. The Morgan fingerprint density at radius 3 is 2.89 bits per heavy atom. The molecule has 1 aromatic carbocycles. The Hall–Kier alpha value is -1.20. The molecule has 1 heterocycles. The van der Waals surface area contributed by atoms with Crippen LogP contribution in [0.25, 0.3) is 11.3 Å². The van der Waals surface area contributed by atoms with Gasteiger partial charge in [0.25, 0.3) is 5.56 Å². The molecule has 1 aromatic heterocycles. The number of halogens is 3. The molecule has 2 aromatic rings. The lowest BCUT2D eigenvalue weighted by Crippen LogP contribution is -2.14. The third-order valence-corrected chi connectivity index (χ3v) is 3.85. The number of aromatic nitrogens is 2. The third kappa shape index (κ3) is 2.20. The highest BCUT2D eigenvalue weighted by molar-refractivity contribution is 9.10. The van der Waals surface area contributed by atoms with Gasteiger partial charge in [0, 0.05) is 15.6 Å². The zero-order valence-electron chi connectivity index (χ0n) is 9.43. The van der Waals surface area contributed by atoms with Crippen molar-refractivity contribution < 1.29 is 4.39 Å². The summed E-state index contributed by atoms with van der Waals surface area (Å²) in [7, 11) is 0. The number of rotatable bonds is 2. The summed E-state index contributed by atoms with van der Waals surface area (Å²) in [5, 5.41) is -0.0170. The van der Waals surface area contributed by atoms with E-state index in [1.807, 2.05) is 6.92 Å². The predicted octanol–water partition coefficient (Wildman–Crippen LogP) is 3.55. The number of hydrogen-bond donors (Lipinski definition) is 1. The van der Waals surface area contributed by atoms with Gasteiger partial charge >= 0.3 is 0 Å². The van der Waals surface area contributed by atoms with Gasteiger partial charge in [-0.1, -0.05) is 18.5 Å². The van der Waals surface area contributed by atoms with E-state index < -0.39 is 5.82 Å². The summed E-state index contributed by atoms with van der Waals surface area (Å²) < 4.78 is 14.5. The molecule has 0 amide bonds. The topological polar surface area (TPSA) is 45.8 Å². The first-order chi connectivity index (χ1) is 8.56. The minimum Gasteiger partial charge on any atom is -0.313 e.